The van der Waals surface area contributed by atoms with Gasteiger partial charge in [0.1, 0.15) is 4.34 Å². The molecule has 1 aromatic heterocycles. The summed E-state index contributed by atoms with van der Waals surface area (Å²) in [7, 11) is 0. The highest BCUT2D eigenvalue weighted by Crippen LogP contribution is 2.35. The lowest BCUT2D eigenvalue weighted by molar-refractivity contribution is 0.317. The summed E-state index contributed by atoms with van der Waals surface area (Å²) >= 11 is 7.55. The third-order valence-corrected chi connectivity index (χ3v) is 4.19. The highest BCUT2D eigenvalue weighted by atomic mass is 35.5. The molecule has 2 rings (SSSR count). The molecule has 1 aliphatic heterocycles. The number of halogens is 1. The standard InChI is InChI=1S/C10H15ClN2S/c1-2-7-5-12-4-3-8(7)10-13-6-9(11)14-10/h6-8,12H,2-5H2,1H3. The van der Waals surface area contributed by atoms with Gasteiger partial charge in [0.25, 0.3) is 0 Å². The molecule has 1 aromatic rings. The van der Waals surface area contributed by atoms with Gasteiger partial charge in [-0.1, -0.05) is 24.9 Å². The van der Waals surface area contributed by atoms with Crippen molar-refractivity contribution in [1.82, 2.24) is 10.3 Å². The van der Waals surface area contributed by atoms with Crippen LogP contribution in [0.4, 0.5) is 0 Å². The Kier molecular flexibility index (Phi) is 3.42. The minimum atomic E-state index is 0.624. The number of nitrogens with one attached hydrogen (secondary N) is 1. The lowest BCUT2D eigenvalue weighted by Gasteiger charge is -2.29. The largest absolute Gasteiger partial charge is 0.316 e. The molecular formula is C10H15ClN2S. The van der Waals surface area contributed by atoms with Gasteiger partial charge in [-0.05, 0) is 25.4 Å². The lowest BCUT2D eigenvalue weighted by Crippen LogP contribution is -2.34. The van der Waals surface area contributed by atoms with Gasteiger partial charge >= 0.3 is 0 Å². The zero-order valence-electron chi connectivity index (χ0n) is 8.29. The van der Waals surface area contributed by atoms with E-state index in [1.807, 2.05) is 0 Å². The maximum Gasteiger partial charge on any atom is 0.113 e. The maximum atomic E-state index is 5.91. The van der Waals surface area contributed by atoms with Gasteiger partial charge in [0.15, 0.2) is 0 Å². The van der Waals surface area contributed by atoms with Crippen molar-refractivity contribution in [2.45, 2.75) is 25.7 Å². The van der Waals surface area contributed by atoms with E-state index in [1.165, 1.54) is 17.8 Å². The fraction of sp³-hybridized carbons (Fsp3) is 0.700. The highest BCUT2D eigenvalue weighted by molar-refractivity contribution is 7.15. The van der Waals surface area contributed by atoms with Crippen molar-refractivity contribution in [3.63, 3.8) is 0 Å². The van der Waals surface area contributed by atoms with E-state index >= 15 is 0 Å². The average molecular weight is 231 g/mol. The molecule has 0 spiro atoms. The third-order valence-electron chi connectivity index (χ3n) is 2.94. The maximum absolute atomic E-state index is 5.91. The number of thiazole rings is 1. The van der Waals surface area contributed by atoms with Crippen molar-refractivity contribution in [1.29, 1.82) is 0 Å². The van der Waals surface area contributed by atoms with Crippen LogP contribution in [0.15, 0.2) is 6.20 Å². The SMILES string of the molecule is CCC1CNCCC1c1ncc(Cl)s1. The number of rotatable bonds is 2. The summed E-state index contributed by atoms with van der Waals surface area (Å²) in [5.41, 5.74) is 0. The first-order chi connectivity index (χ1) is 6.81. The van der Waals surface area contributed by atoms with Gasteiger partial charge in [-0.2, -0.15) is 0 Å². The molecule has 4 heteroatoms. The Morgan fingerprint density at radius 1 is 1.71 bits per heavy atom. The minimum Gasteiger partial charge on any atom is -0.316 e. The molecule has 1 saturated heterocycles. The fourth-order valence-electron chi connectivity index (χ4n) is 2.12. The van der Waals surface area contributed by atoms with E-state index in [0.29, 0.717) is 5.92 Å². The summed E-state index contributed by atoms with van der Waals surface area (Å²) in [6.45, 7) is 4.48. The van der Waals surface area contributed by atoms with Crippen molar-refractivity contribution in [2.24, 2.45) is 5.92 Å². The molecule has 2 atom stereocenters. The van der Waals surface area contributed by atoms with Crippen LogP contribution in [0.1, 0.15) is 30.7 Å². The van der Waals surface area contributed by atoms with Gasteiger partial charge in [0, 0.05) is 5.92 Å². The molecule has 0 amide bonds. The third kappa shape index (κ3) is 2.10. The molecule has 2 nitrogen and oxygen atoms in total. The molecule has 78 valence electrons. The topological polar surface area (TPSA) is 24.9 Å². The van der Waals surface area contributed by atoms with E-state index < -0.39 is 0 Å². The molecule has 0 aliphatic carbocycles. The quantitative estimate of drug-likeness (QED) is 0.845. The second-order valence-electron chi connectivity index (χ2n) is 3.77. The molecule has 1 aliphatic rings. The van der Waals surface area contributed by atoms with E-state index in [9.17, 15) is 0 Å². The van der Waals surface area contributed by atoms with E-state index in [-0.39, 0.29) is 0 Å². The van der Waals surface area contributed by atoms with E-state index in [4.69, 9.17) is 11.6 Å². The van der Waals surface area contributed by atoms with Gasteiger partial charge in [-0.25, -0.2) is 4.98 Å². The summed E-state index contributed by atoms with van der Waals surface area (Å²) in [4.78, 5) is 4.40. The first kappa shape index (κ1) is 10.4. The van der Waals surface area contributed by atoms with Crippen LogP contribution in [0.3, 0.4) is 0 Å². The number of aromatic nitrogens is 1. The van der Waals surface area contributed by atoms with Crippen LogP contribution in [0, 0.1) is 5.92 Å². The molecule has 1 fully saturated rings. The van der Waals surface area contributed by atoms with E-state index in [1.54, 1.807) is 17.5 Å². The van der Waals surface area contributed by atoms with Crippen LogP contribution in [0.2, 0.25) is 4.34 Å². The summed E-state index contributed by atoms with van der Waals surface area (Å²) in [6, 6.07) is 0. The van der Waals surface area contributed by atoms with Crippen molar-refractivity contribution in [3.8, 4) is 0 Å². The summed E-state index contributed by atoms with van der Waals surface area (Å²) in [5.74, 6) is 1.35. The van der Waals surface area contributed by atoms with E-state index in [0.717, 1.165) is 23.3 Å². The predicted octanol–water partition coefficient (Wildman–Crippen LogP) is 2.90. The molecular weight excluding hydrogens is 216 g/mol. The van der Waals surface area contributed by atoms with Crippen LogP contribution < -0.4 is 5.32 Å². The molecule has 0 bridgehead atoms. The van der Waals surface area contributed by atoms with Crippen LogP contribution in [-0.2, 0) is 0 Å². The smallest absolute Gasteiger partial charge is 0.113 e. The Labute approximate surface area is 93.7 Å². The second kappa shape index (κ2) is 4.60. The number of piperidine rings is 1. The van der Waals surface area contributed by atoms with Crippen molar-refractivity contribution in [3.05, 3.63) is 15.5 Å². The lowest BCUT2D eigenvalue weighted by atomic mass is 9.85. The zero-order valence-corrected chi connectivity index (χ0v) is 9.87. The Morgan fingerprint density at radius 3 is 3.21 bits per heavy atom. The zero-order chi connectivity index (χ0) is 9.97. The van der Waals surface area contributed by atoms with E-state index in [2.05, 4.69) is 17.2 Å². The molecule has 1 N–H and O–H groups in total. The minimum absolute atomic E-state index is 0.624. The number of hydrogen-bond acceptors (Lipinski definition) is 3. The van der Waals surface area contributed by atoms with Crippen LogP contribution in [0.5, 0.6) is 0 Å². The van der Waals surface area contributed by atoms with Crippen molar-refractivity contribution in [2.75, 3.05) is 13.1 Å². The summed E-state index contributed by atoms with van der Waals surface area (Å²) in [5, 5.41) is 4.66. The monoisotopic (exact) mass is 230 g/mol. The van der Waals surface area contributed by atoms with Gasteiger partial charge in [-0.15, -0.1) is 11.3 Å². The Morgan fingerprint density at radius 2 is 2.57 bits per heavy atom. The normalized spacial score (nSPS) is 27.9. The predicted molar refractivity (Wildman–Crippen MR) is 61.1 cm³/mol. The number of nitrogens with zero attached hydrogens (tertiary/aromatic N) is 1. The molecule has 2 heterocycles. The van der Waals surface area contributed by atoms with Gasteiger partial charge in [-0.3, -0.25) is 0 Å². The van der Waals surface area contributed by atoms with Gasteiger partial charge in [0.05, 0.1) is 11.2 Å². The molecule has 0 saturated carbocycles. The molecule has 0 radical (unpaired) electrons. The molecule has 2 unspecified atom stereocenters. The Bertz CT molecular complexity index is 300. The fourth-order valence-corrected chi connectivity index (χ4v) is 3.27. The Balaban J connectivity index is 2.14. The molecule has 0 aromatic carbocycles. The van der Waals surface area contributed by atoms with Crippen LogP contribution in [0.25, 0.3) is 0 Å². The highest BCUT2D eigenvalue weighted by Gasteiger charge is 2.27. The summed E-state index contributed by atoms with van der Waals surface area (Å²) in [6.07, 6.45) is 4.19. The first-order valence-electron chi connectivity index (χ1n) is 5.13. The van der Waals surface area contributed by atoms with Gasteiger partial charge in [0.2, 0.25) is 0 Å². The van der Waals surface area contributed by atoms with Crippen LogP contribution >= 0.6 is 22.9 Å². The summed E-state index contributed by atoms with van der Waals surface area (Å²) < 4.78 is 0.813. The van der Waals surface area contributed by atoms with Crippen molar-refractivity contribution < 1.29 is 0 Å². The van der Waals surface area contributed by atoms with Crippen molar-refractivity contribution >= 4 is 22.9 Å². The molecule has 14 heavy (non-hydrogen) atoms. The first-order valence-corrected chi connectivity index (χ1v) is 6.32. The Hall–Kier alpha value is -0.120. The average Bonchev–Trinajstić information content (AvgIpc) is 2.65. The van der Waals surface area contributed by atoms with Crippen LogP contribution in [-0.4, -0.2) is 18.1 Å². The number of hydrogen-bond donors (Lipinski definition) is 1. The second-order valence-corrected chi connectivity index (χ2v) is 5.46. The van der Waals surface area contributed by atoms with Gasteiger partial charge < -0.3 is 5.32 Å².